The monoisotopic (exact) mass is 339 g/mol. The van der Waals surface area contributed by atoms with Crippen molar-refractivity contribution in [1.82, 2.24) is 9.88 Å². The average molecular weight is 339 g/mol. The maximum atomic E-state index is 10.6. The number of carboxylic acid groups (broad SMARTS) is 1. The number of aromatic nitrogens is 1. The third-order valence-corrected chi connectivity index (χ3v) is 4.69. The summed E-state index contributed by atoms with van der Waals surface area (Å²) < 4.78 is 0. The van der Waals surface area contributed by atoms with Crippen LogP contribution in [0.5, 0.6) is 0 Å². The lowest BCUT2D eigenvalue weighted by atomic mass is 10.1. The van der Waals surface area contributed by atoms with Crippen molar-refractivity contribution in [1.29, 1.82) is 0 Å². The van der Waals surface area contributed by atoms with Gasteiger partial charge in [0.05, 0.1) is 0 Å². The SMILES string of the molecule is O=C(O)CCCc1ccc(CN2CCN(c3ccncc3)CC2)cc1. The van der Waals surface area contributed by atoms with Crippen LogP contribution in [0.25, 0.3) is 0 Å². The summed E-state index contributed by atoms with van der Waals surface area (Å²) in [6.07, 6.45) is 5.46. The summed E-state index contributed by atoms with van der Waals surface area (Å²) >= 11 is 0. The van der Waals surface area contributed by atoms with Crippen LogP contribution >= 0.6 is 0 Å². The number of piperazine rings is 1. The quantitative estimate of drug-likeness (QED) is 0.841. The second-order valence-electron chi connectivity index (χ2n) is 6.53. The van der Waals surface area contributed by atoms with Crippen molar-refractivity contribution in [2.75, 3.05) is 31.1 Å². The van der Waals surface area contributed by atoms with Gasteiger partial charge in [-0.05, 0) is 36.1 Å². The van der Waals surface area contributed by atoms with Gasteiger partial charge in [-0.15, -0.1) is 0 Å². The van der Waals surface area contributed by atoms with E-state index in [9.17, 15) is 4.79 Å². The molecule has 0 amide bonds. The van der Waals surface area contributed by atoms with Gasteiger partial charge in [-0.25, -0.2) is 0 Å². The van der Waals surface area contributed by atoms with E-state index >= 15 is 0 Å². The van der Waals surface area contributed by atoms with Crippen molar-refractivity contribution in [3.8, 4) is 0 Å². The Morgan fingerprint density at radius 3 is 2.24 bits per heavy atom. The number of nitrogens with zero attached hydrogens (tertiary/aromatic N) is 3. The molecule has 0 spiro atoms. The molecule has 0 atom stereocenters. The van der Waals surface area contributed by atoms with Crippen LogP contribution in [-0.4, -0.2) is 47.1 Å². The van der Waals surface area contributed by atoms with E-state index in [-0.39, 0.29) is 6.42 Å². The topological polar surface area (TPSA) is 56.7 Å². The molecule has 132 valence electrons. The average Bonchev–Trinajstić information content (AvgIpc) is 2.64. The Morgan fingerprint density at radius 2 is 1.60 bits per heavy atom. The molecular weight excluding hydrogens is 314 g/mol. The van der Waals surface area contributed by atoms with Gasteiger partial charge in [0.25, 0.3) is 0 Å². The van der Waals surface area contributed by atoms with Gasteiger partial charge in [-0.3, -0.25) is 14.7 Å². The fraction of sp³-hybridized carbons (Fsp3) is 0.400. The zero-order valence-electron chi connectivity index (χ0n) is 14.5. The van der Waals surface area contributed by atoms with E-state index in [0.717, 1.165) is 39.1 Å². The fourth-order valence-electron chi connectivity index (χ4n) is 3.23. The van der Waals surface area contributed by atoms with Crippen molar-refractivity contribution in [2.24, 2.45) is 0 Å². The van der Waals surface area contributed by atoms with Gasteiger partial charge >= 0.3 is 5.97 Å². The standard InChI is InChI=1S/C20H25N3O2/c24-20(25)3-1-2-17-4-6-18(7-5-17)16-22-12-14-23(15-13-22)19-8-10-21-11-9-19/h4-11H,1-3,12-16H2,(H,24,25). The highest BCUT2D eigenvalue weighted by atomic mass is 16.4. The summed E-state index contributed by atoms with van der Waals surface area (Å²) in [5, 5.41) is 8.70. The molecule has 2 aromatic rings. The van der Waals surface area contributed by atoms with Crippen molar-refractivity contribution in [3.05, 3.63) is 59.9 Å². The number of anilines is 1. The molecular formula is C20H25N3O2. The van der Waals surface area contributed by atoms with Gasteiger partial charge < -0.3 is 10.0 Å². The van der Waals surface area contributed by atoms with Crippen molar-refractivity contribution < 1.29 is 9.90 Å². The van der Waals surface area contributed by atoms with Crippen LogP contribution in [0.3, 0.4) is 0 Å². The molecule has 1 saturated heterocycles. The number of rotatable bonds is 7. The Bertz CT molecular complexity index is 665. The minimum Gasteiger partial charge on any atom is -0.481 e. The lowest BCUT2D eigenvalue weighted by Gasteiger charge is -2.36. The Balaban J connectivity index is 1.45. The van der Waals surface area contributed by atoms with E-state index in [4.69, 9.17) is 5.11 Å². The van der Waals surface area contributed by atoms with Crippen LogP contribution < -0.4 is 4.90 Å². The molecule has 0 bridgehead atoms. The Morgan fingerprint density at radius 1 is 0.960 bits per heavy atom. The molecule has 1 fully saturated rings. The molecule has 1 N–H and O–H groups in total. The largest absolute Gasteiger partial charge is 0.481 e. The van der Waals surface area contributed by atoms with Crippen LogP contribution in [0.1, 0.15) is 24.0 Å². The summed E-state index contributed by atoms with van der Waals surface area (Å²) in [6, 6.07) is 12.7. The first-order chi connectivity index (χ1) is 12.2. The van der Waals surface area contributed by atoms with E-state index in [1.807, 2.05) is 12.4 Å². The van der Waals surface area contributed by atoms with E-state index in [1.54, 1.807) is 0 Å². The number of carbonyl (C=O) groups is 1. The molecule has 0 unspecified atom stereocenters. The predicted octanol–water partition coefficient (Wildman–Crippen LogP) is 2.81. The fourth-order valence-corrected chi connectivity index (χ4v) is 3.23. The van der Waals surface area contributed by atoms with Gasteiger partial charge in [0.1, 0.15) is 0 Å². The molecule has 25 heavy (non-hydrogen) atoms. The molecule has 1 aliphatic heterocycles. The van der Waals surface area contributed by atoms with Crippen LogP contribution in [0.15, 0.2) is 48.8 Å². The van der Waals surface area contributed by atoms with Gasteiger partial charge in [-0.2, -0.15) is 0 Å². The van der Waals surface area contributed by atoms with Crippen molar-refractivity contribution >= 4 is 11.7 Å². The highest BCUT2D eigenvalue weighted by Crippen LogP contribution is 2.16. The molecule has 0 saturated carbocycles. The highest BCUT2D eigenvalue weighted by Gasteiger charge is 2.17. The van der Waals surface area contributed by atoms with Gasteiger partial charge in [0, 0.05) is 57.2 Å². The zero-order valence-corrected chi connectivity index (χ0v) is 14.5. The summed E-state index contributed by atoms with van der Waals surface area (Å²) in [5.41, 5.74) is 3.78. The van der Waals surface area contributed by atoms with Crippen LogP contribution in [0.2, 0.25) is 0 Å². The second-order valence-corrected chi connectivity index (χ2v) is 6.53. The summed E-state index contributed by atoms with van der Waals surface area (Å²) in [5.74, 6) is -0.720. The first-order valence-corrected chi connectivity index (χ1v) is 8.87. The first kappa shape index (κ1) is 17.4. The van der Waals surface area contributed by atoms with E-state index in [2.05, 4.69) is 51.2 Å². The Labute approximate surface area is 148 Å². The van der Waals surface area contributed by atoms with Gasteiger partial charge in [0.15, 0.2) is 0 Å². The van der Waals surface area contributed by atoms with Crippen molar-refractivity contribution in [3.63, 3.8) is 0 Å². The molecule has 1 aromatic carbocycles. The lowest BCUT2D eigenvalue weighted by molar-refractivity contribution is -0.137. The normalized spacial score (nSPS) is 15.3. The van der Waals surface area contributed by atoms with Crippen molar-refractivity contribution in [2.45, 2.75) is 25.8 Å². The Kier molecular flexibility index (Phi) is 6.01. The van der Waals surface area contributed by atoms with E-state index in [1.165, 1.54) is 16.8 Å². The number of benzene rings is 1. The third kappa shape index (κ3) is 5.29. The second kappa shape index (κ2) is 8.62. The van der Waals surface area contributed by atoms with Crippen LogP contribution in [0, 0.1) is 0 Å². The molecule has 2 heterocycles. The molecule has 0 aliphatic carbocycles. The van der Waals surface area contributed by atoms with Crippen LogP contribution in [0.4, 0.5) is 5.69 Å². The highest BCUT2D eigenvalue weighted by molar-refractivity contribution is 5.66. The first-order valence-electron chi connectivity index (χ1n) is 8.87. The number of aliphatic carboxylic acids is 1. The smallest absolute Gasteiger partial charge is 0.303 e. The number of aryl methyl sites for hydroxylation is 1. The summed E-state index contributed by atoms with van der Waals surface area (Å²) in [4.78, 5) is 19.5. The number of carboxylic acids is 1. The van der Waals surface area contributed by atoms with E-state index in [0.29, 0.717) is 6.42 Å². The number of pyridine rings is 1. The molecule has 5 heteroatoms. The third-order valence-electron chi connectivity index (χ3n) is 4.69. The molecule has 3 rings (SSSR count). The van der Waals surface area contributed by atoms with Gasteiger partial charge in [-0.1, -0.05) is 24.3 Å². The summed E-state index contributed by atoms with van der Waals surface area (Å²) in [6.45, 7) is 5.17. The van der Waals surface area contributed by atoms with Gasteiger partial charge in [0.2, 0.25) is 0 Å². The number of hydrogen-bond donors (Lipinski definition) is 1. The number of hydrogen-bond acceptors (Lipinski definition) is 4. The minimum absolute atomic E-state index is 0.240. The Hall–Kier alpha value is -2.40. The predicted molar refractivity (Wildman–Crippen MR) is 98.7 cm³/mol. The summed E-state index contributed by atoms with van der Waals surface area (Å²) in [7, 11) is 0. The molecule has 0 radical (unpaired) electrons. The molecule has 1 aromatic heterocycles. The lowest BCUT2D eigenvalue weighted by Crippen LogP contribution is -2.45. The maximum absolute atomic E-state index is 10.6. The molecule has 5 nitrogen and oxygen atoms in total. The van der Waals surface area contributed by atoms with E-state index < -0.39 is 5.97 Å². The minimum atomic E-state index is -0.720. The maximum Gasteiger partial charge on any atom is 0.303 e. The molecule has 1 aliphatic rings. The van der Waals surface area contributed by atoms with Crippen LogP contribution in [-0.2, 0) is 17.8 Å². The zero-order chi connectivity index (χ0) is 17.5.